The van der Waals surface area contributed by atoms with E-state index in [9.17, 15) is 4.79 Å². The minimum absolute atomic E-state index is 0.0498. The van der Waals surface area contributed by atoms with Crippen LogP contribution < -0.4 is 4.74 Å². The van der Waals surface area contributed by atoms with Crippen molar-refractivity contribution in [3.05, 3.63) is 69.7 Å². The lowest BCUT2D eigenvalue weighted by molar-refractivity contribution is -0.122. The van der Waals surface area contributed by atoms with Crippen LogP contribution in [0.4, 0.5) is 0 Å². The van der Waals surface area contributed by atoms with Crippen molar-refractivity contribution in [2.24, 2.45) is 0 Å². The summed E-state index contributed by atoms with van der Waals surface area (Å²) in [4.78, 5) is 15.1. The molecule has 1 amide bonds. The van der Waals surface area contributed by atoms with Crippen molar-refractivity contribution in [3.63, 3.8) is 0 Å². The Morgan fingerprint density at radius 3 is 2.68 bits per heavy atom. The molecule has 1 aliphatic heterocycles. The number of ether oxygens (including phenoxy) is 1. The lowest BCUT2D eigenvalue weighted by Crippen LogP contribution is -2.28. The molecule has 1 saturated heterocycles. The second-order valence-corrected chi connectivity index (χ2v) is 9.43. The van der Waals surface area contributed by atoms with Crippen molar-refractivity contribution in [1.82, 2.24) is 14.7 Å². The van der Waals surface area contributed by atoms with Gasteiger partial charge in [-0.1, -0.05) is 49.1 Å². The Labute approximate surface area is 199 Å². The number of aromatic nitrogens is 2. The molecule has 0 unspecified atom stereocenters. The Kier molecular flexibility index (Phi) is 6.60. The molecule has 0 aliphatic carbocycles. The average Bonchev–Trinajstić information content (AvgIpc) is 3.31. The molecule has 0 radical (unpaired) electrons. The Morgan fingerprint density at radius 1 is 1.23 bits per heavy atom. The van der Waals surface area contributed by atoms with Gasteiger partial charge in [0.1, 0.15) is 15.8 Å². The first-order chi connectivity index (χ1) is 15.0. The normalized spacial score (nSPS) is 15.2. The molecule has 2 aromatic carbocycles. The molecule has 31 heavy (non-hydrogen) atoms. The minimum Gasteiger partial charge on any atom is -0.496 e. The molecule has 0 atom stereocenters. The maximum atomic E-state index is 12.9. The van der Waals surface area contributed by atoms with Crippen molar-refractivity contribution in [3.8, 4) is 22.7 Å². The van der Waals surface area contributed by atoms with Gasteiger partial charge in [-0.15, -0.1) is 0 Å². The molecule has 0 saturated carbocycles. The number of nitrogens with zero attached hydrogens (tertiary/aromatic N) is 3. The number of methoxy groups -OCH3 is 1. The number of para-hydroxylation sites is 1. The van der Waals surface area contributed by atoms with Crippen molar-refractivity contribution in [1.29, 1.82) is 0 Å². The van der Waals surface area contributed by atoms with Gasteiger partial charge in [-0.25, -0.2) is 4.68 Å². The van der Waals surface area contributed by atoms with Gasteiger partial charge in [-0.05, 0) is 58.8 Å². The molecule has 1 aromatic heterocycles. The number of carbonyl (C=O) groups excluding carboxylic acids is 1. The Bertz CT molecular complexity index is 1170. The second-order valence-electron chi connectivity index (χ2n) is 6.90. The first-order valence-electron chi connectivity index (χ1n) is 9.76. The molecule has 0 N–H and O–H groups in total. The molecule has 158 valence electrons. The highest BCUT2D eigenvalue weighted by Gasteiger charge is 2.31. The van der Waals surface area contributed by atoms with Gasteiger partial charge in [0.05, 0.1) is 22.2 Å². The van der Waals surface area contributed by atoms with E-state index in [2.05, 4.69) is 15.9 Å². The van der Waals surface area contributed by atoms with Crippen LogP contribution in [-0.4, -0.2) is 38.6 Å². The predicted molar refractivity (Wildman–Crippen MR) is 133 cm³/mol. The molecule has 0 bridgehead atoms. The SMILES string of the molecule is CCCN1C(=O)/C(=C/c2cn(-c3ccccc3)nc2-c2ccc(OC)c(Br)c2)SC1=S. The summed E-state index contributed by atoms with van der Waals surface area (Å²) in [6, 6.07) is 15.7. The summed E-state index contributed by atoms with van der Waals surface area (Å²) in [6.07, 6.45) is 4.68. The van der Waals surface area contributed by atoms with Crippen LogP contribution in [0.1, 0.15) is 18.9 Å². The Morgan fingerprint density at radius 2 is 2.00 bits per heavy atom. The number of hydrogen-bond donors (Lipinski definition) is 0. The van der Waals surface area contributed by atoms with Gasteiger partial charge >= 0.3 is 0 Å². The van der Waals surface area contributed by atoms with Crippen molar-refractivity contribution < 1.29 is 9.53 Å². The summed E-state index contributed by atoms with van der Waals surface area (Å²) in [5.41, 5.74) is 3.47. The zero-order valence-electron chi connectivity index (χ0n) is 17.0. The third kappa shape index (κ3) is 4.46. The van der Waals surface area contributed by atoms with Crippen LogP contribution in [0, 0.1) is 0 Å². The molecule has 3 aromatic rings. The fourth-order valence-corrected chi connectivity index (χ4v) is 5.14. The van der Waals surface area contributed by atoms with Crippen LogP contribution in [0.3, 0.4) is 0 Å². The molecular formula is C23H20BrN3O2S2. The van der Waals surface area contributed by atoms with E-state index in [0.717, 1.165) is 39.2 Å². The molecule has 1 aliphatic rings. The molecule has 4 rings (SSSR count). The summed E-state index contributed by atoms with van der Waals surface area (Å²) in [5, 5.41) is 4.83. The maximum absolute atomic E-state index is 12.9. The summed E-state index contributed by atoms with van der Waals surface area (Å²) < 4.78 is 8.62. The zero-order valence-corrected chi connectivity index (χ0v) is 20.3. The van der Waals surface area contributed by atoms with Crippen LogP contribution in [0.5, 0.6) is 5.75 Å². The van der Waals surface area contributed by atoms with Gasteiger partial charge in [-0.3, -0.25) is 9.69 Å². The minimum atomic E-state index is -0.0498. The van der Waals surface area contributed by atoms with Gasteiger partial charge in [0.15, 0.2) is 0 Å². The lowest BCUT2D eigenvalue weighted by Gasteiger charge is -2.11. The molecule has 1 fully saturated rings. The monoisotopic (exact) mass is 513 g/mol. The predicted octanol–water partition coefficient (Wildman–Crippen LogP) is 5.92. The Balaban J connectivity index is 1.81. The summed E-state index contributed by atoms with van der Waals surface area (Å²) in [7, 11) is 1.63. The number of halogens is 1. The van der Waals surface area contributed by atoms with Crippen LogP contribution in [-0.2, 0) is 4.79 Å². The summed E-state index contributed by atoms with van der Waals surface area (Å²) >= 11 is 10.3. The van der Waals surface area contributed by atoms with E-state index in [1.807, 2.05) is 72.4 Å². The highest BCUT2D eigenvalue weighted by atomic mass is 79.9. The van der Waals surface area contributed by atoms with Gasteiger partial charge in [0, 0.05) is 23.9 Å². The number of benzene rings is 2. The van der Waals surface area contributed by atoms with Crippen LogP contribution in [0.25, 0.3) is 23.0 Å². The smallest absolute Gasteiger partial charge is 0.266 e. The third-order valence-electron chi connectivity index (χ3n) is 4.80. The lowest BCUT2D eigenvalue weighted by atomic mass is 10.1. The van der Waals surface area contributed by atoms with Crippen molar-refractivity contribution >= 4 is 56.2 Å². The molecule has 8 heteroatoms. The largest absolute Gasteiger partial charge is 0.496 e. The number of thiocarbonyl (C=S) groups is 1. The number of thioether (sulfide) groups is 1. The van der Waals surface area contributed by atoms with Gasteiger partial charge in [-0.2, -0.15) is 5.10 Å². The molecular weight excluding hydrogens is 494 g/mol. The van der Waals surface area contributed by atoms with E-state index in [1.54, 1.807) is 12.0 Å². The summed E-state index contributed by atoms with van der Waals surface area (Å²) in [6.45, 7) is 2.66. The van der Waals surface area contributed by atoms with Crippen molar-refractivity contribution in [2.45, 2.75) is 13.3 Å². The highest BCUT2D eigenvalue weighted by Crippen LogP contribution is 2.36. The standard InChI is InChI=1S/C23H20BrN3O2S2/c1-3-11-26-22(28)20(31-23(26)30)13-16-14-27(17-7-5-4-6-8-17)25-21(16)15-9-10-19(29-2)18(24)12-15/h4-10,12-14H,3,11H2,1-2H3/b20-13-. The second kappa shape index (κ2) is 9.38. The van der Waals surface area contributed by atoms with Gasteiger partial charge < -0.3 is 4.74 Å². The number of carbonyl (C=O) groups is 1. The topological polar surface area (TPSA) is 47.4 Å². The third-order valence-corrected chi connectivity index (χ3v) is 6.79. The van der Waals surface area contributed by atoms with Crippen LogP contribution >= 0.6 is 39.9 Å². The number of amides is 1. The Hall–Kier alpha value is -2.42. The average molecular weight is 514 g/mol. The van der Waals surface area contributed by atoms with E-state index >= 15 is 0 Å². The van der Waals surface area contributed by atoms with E-state index in [4.69, 9.17) is 22.1 Å². The van der Waals surface area contributed by atoms with E-state index in [1.165, 1.54) is 11.8 Å². The highest BCUT2D eigenvalue weighted by molar-refractivity contribution is 9.10. The van der Waals surface area contributed by atoms with Crippen LogP contribution in [0.2, 0.25) is 0 Å². The fraction of sp³-hybridized carbons (Fsp3) is 0.174. The first-order valence-corrected chi connectivity index (χ1v) is 11.8. The zero-order chi connectivity index (χ0) is 22.0. The number of hydrogen-bond acceptors (Lipinski definition) is 5. The van der Waals surface area contributed by atoms with Gasteiger partial charge in [0.25, 0.3) is 5.91 Å². The molecule has 5 nitrogen and oxygen atoms in total. The molecule has 2 heterocycles. The fourth-order valence-electron chi connectivity index (χ4n) is 3.30. The van der Waals surface area contributed by atoms with E-state index < -0.39 is 0 Å². The van der Waals surface area contributed by atoms with Crippen molar-refractivity contribution in [2.75, 3.05) is 13.7 Å². The molecule has 0 spiro atoms. The number of rotatable bonds is 6. The van der Waals surface area contributed by atoms with E-state index in [0.29, 0.717) is 15.8 Å². The quantitative estimate of drug-likeness (QED) is 0.302. The maximum Gasteiger partial charge on any atom is 0.266 e. The van der Waals surface area contributed by atoms with Crippen LogP contribution in [0.15, 0.2) is 64.1 Å². The first kappa shape index (κ1) is 21.8. The van der Waals surface area contributed by atoms with Gasteiger partial charge in [0.2, 0.25) is 0 Å². The summed E-state index contributed by atoms with van der Waals surface area (Å²) in [5.74, 6) is 0.694. The van der Waals surface area contributed by atoms with E-state index in [-0.39, 0.29) is 5.91 Å².